The molecule has 1 aromatic heterocycles. The lowest BCUT2D eigenvalue weighted by molar-refractivity contribution is -0.116. The molecule has 0 radical (unpaired) electrons. The van der Waals surface area contributed by atoms with Gasteiger partial charge in [-0.3, -0.25) is 4.79 Å². The molecular formula is C21H24N2O4. The Morgan fingerprint density at radius 3 is 2.78 bits per heavy atom. The molecule has 1 aromatic carbocycles. The number of hydrogen-bond donors (Lipinski definition) is 2. The lowest BCUT2D eigenvalue weighted by Gasteiger charge is -2.32. The van der Waals surface area contributed by atoms with Crippen molar-refractivity contribution in [1.82, 2.24) is 5.16 Å². The quantitative estimate of drug-likeness (QED) is 0.824. The number of aromatic hydroxyl groups is 1. The Bertz CT molecular complexity index is 950. The fourth-order valence-electron chi connectivity index (χ4n) is 4.01. The van der Waals surface area contributed by atoms with Gasteiger partial charge in [0.2, 0.25) is 5.88 Å². The number of ether oxygens (including phenoxy) is 1. The zero-order valence-corrected chi connectivity index (χ0v) is 16.0. The second-order valence-electron chi connectivity index (χ2n) is 8.18. The van der Waals surface area contributed by atoms with E-state index in [-0.39, 0.29) is 22.9 Å². The van der Waals surface area contributed by atoms with E-state index in [4.69, 9.17) is 9.26 Å². The Morgan fingerprint density at radius 1 is 1.30 bits per heavy atom. The number of fused-ring (bicyclic) bond motifs is 1. The van der Waals surface area contributed by atoms with Gasteiger partial charge in [-0.25, -0.2) is 0 Å². The van der Waals surface area contributed by atoms with Gasteiger partial charge in [0.05, 0.1) is 18.4 Å². The van der Waals surface area contributed by atoms with Crippen LogP contribution in [-0.4, -0.2) is 23.2 Å². The first-order valence-corrected chi connectivity index (χ1v) is 9.21. The number of rotatable bonds is 2. The highest BCUT2D eigenvalue weighted by Crippen LogP contribution is 2.49. The molecule has 27 heavy (non-hydrogen) atoms. The lowest BCUT2D eigenvalue weighted by atomic mass is 9.73. The van der Waals surface area contributed by atoms with E-state index < -0.39 is 0 Å². The fraction of sp³-hybridized carbons (Fsp3) is 0.429. The standard InChI is InChI=1S/C21H24N2O4/c1-21(2,3)19-18-16(11-8-9-13(24)15(10-11)26-4)17-12(6-5-7-14(17)25)22-20(18)27-23-19/h8-10,16,22,24H,5-7H2,1-4H3. The van der Waals surface area contributed by atoms with Crippen LogP contribution in [0.4, 0.5) is 5.88 Å². The molecule has 0 bridgehead atoms. The summed E-state index contributed by atoms with van der Waals surface area (Å²) in [5, 5.41) is 17.7. The number of Topliss-reactive ketones (excluding diaryl/α,β-unsaturated/α-hetero) is 1. The van der Waals surface area contributed by atoms with Crippen molar-refractivity contribution < 1.29 is 19.2 Å². The second-order valence-corrected chi connectivity index (χ2v) is 8.18. The molecule has 0 saturated heterocycles. The number of hydrogen-bond acceptors (Lipinski definition) is 6. The third-order valence-corrected chi connectivity index (χ3v) is 5.27. The maximum absolute atomic E-state index is 12.9. The molecule has 2 aromatic rings. The largest absolute Gasteiger partial charge is 0.504 e. The smallest absolute Gasteiger partial charge is 0.233 e. The van der Waals surface area contributed by atoms with Crippen LogP contribution in [0.25, 0.3) is 0 Å². The van der Waals surface area contributed by atoms with Crippen LogP contribution in [-0.2, 0) is 10.2 Å². The summed E-state index contributed by atoms with van der Waals surface area (Å²) >= 11 is 0. The SMILES string of the molecule is COc1cc(C2C3=C(CCCC3=O)Nc3onc(C(C)(C)C)c32)ccc1O. The first-order chi connectivity index (χ1) is 12.8. The van der Waals surface area contributed by atoms with Crippen LogP contribution >= 0.6 is 0 Å². The van der Waals surface area contributed by atoms with E-state index in [1.54, 1.807) is 12.1 Å². The van der Waals surface area contributed by atoms with Crippen molar-refractivity contribution in [3.05, 3.63) is 46.3 Å². The first-order valence-electron chi connectivity index (χ1n) is 9.21. The number of anilines is 1. The number of ketones is 1. The maximum atomic E-state index is 12.9. The normalized spacial score (nSPS) is 19.4. The van der Waals surface area contributed by atoms with Crippen molar-refractivity contribution in [2.75, 3.05) is 12.4 Å². The molecule has 1 unspecified atom stereocenters. The van der Waals surface area contributed by atoms with Crippen molar-refractivity contribution >= 4 is 11.7 Å². The Morgan fingerprint density at radius 2 is 2.07 bits per heavy atom. The molecule has 2 heterocycles. The van der Waals surface area contributed by atoms with Crippen molar-refractivity contribution in [3.63, 3.8) is 0 Å². The molecule has 1 aliphatic heterocycles. The van der Waals surface area contributed by atoms with Gasteiger partial charge in [-0.2, -0.15) is 0 Å². The van der Waals surface area contributed by atoms with Crippen LogP contribution < -0.4 is 10.1 Å². The Labute approximate surface area is 158 Å². The van der Waals surface area contributed by atoms with Crippen LogP contribution in [0, 0.1) is 0 Å². The minimum atomic E-state index is -0.293. The van der Waals surface area contributed by atoms with Crippen molar-refractivity contribution in [2.45, 2.75) is 51.4 Å². The summed E-state index contributed by atoms with van der Waals surface area (Å²) in [6, 6.07) is 5.23. The van der Waals surface area contributed by atoms with Crippen LogP contribution in [0.15, 0.2) is 34.0 Å². The predicted molar refractivity (Wildman–Crippen MR) is 101 cm³/mol. The molecule has 0 amide bonds. The maximum Gasteiger partial charge on any atom is 0.233 e. The number of phenols is 1. The van der Waals surface area contributed by atoms with E-state index in [2.05, 4.69) is 31.2 Å². The topological polar surface area (TPSA) is 84.6 Å². The number of carbonyl (C=O) groups excluding carboxylic acids is 1. The number of allylic oxidation sites excluding steroid dienone is 2. The number of nitrogens with zero attached hydrogens (tertiary/aromatic N) is 1. The molecule has 4 rings (SSSR count). The molecular weight excluding hydrogens is 344 g/mol. The Kier molecular flexibility index (Phi) is 4.02. The molecule has 0 spiro atoms. The van der Waals surface area contributed by atoms with Gasteiger partial charge in [0.1, 0.15) is 0 Å². The van der Waals surface area contributed by atoms with Gasteiger partial charge in [-0.05, 0) is 30.5 Å². The summed E-state index contributed by atoms with van der Waals surface area (Å²) in [5.74, 6) is 0.907. The summed E-state index contributed by atoms with van der Waals surface area (Å²) < 4.78 is 10.9. The van der Waals surface area contributed by atoms with Gasteiger partial charge >= 0.3 is 0 Å². The summed E-state index contributed by atoms with van der Waals surface area (Å²) in [5.41, 5.74) is 4.04. The van der Waals surface area contributed by atoms with Gasteiger partial charge in [0.15, 0.2) is 17.3 Å². The second kappa shape index (κ2) is 6.15. The molecule has 2 aliphatic rings. The number of carbonyl (C=O) groups is 1. The number of nitrogens with one attached hydrogen (secondary N) is 1. The molecule has 0 fully saturated rings. The average Bonchev–Trinajstić information content (AvgIpc) is 3.04. The highest BCUT2D eigenvalue weighted by atomic mass is 16.5. The van der Waals surface area contributed by atoms with Crippen LogP contribution in [0.3, 0.4) is 0 Å². The van der Waals surface area contributed by atoms with E-state index in [0.29, 0.717) is 18.1 Å². The minimum Gasteiger partial charge on any atom is -0.504 e. The van der Waals surface area contributed by atoms with Crippen LogP contribution in [0.1, 0.15) is 62.8 Å². The summed E-state index contributed by atoms with van der Waals surface area (Å²) in [6.07, 6.45) is 2.17. The first kappa shape index (κ1) is 17.6. The van der Waals surface area contributed by atoms with E-state index in [9.17, 15) is 9.90 Å². The molecule has 1 atom stereocenters. The predicted octanol–water partition coefficient (Wildman–Crippen LogP) is 4.25. The van der Waals surface area contributed by atoms with Gasteiger partial charge in [0, 0.05) is 29.0 Å². The zero-order chi connectivity index (χ0) is 19.3. The van der Waals surface area contributed by atoms with Gasteiger partial charge in [-0.1, -0.05) is 32.0 Å². The Balaban J connectivity index is 1.97. The minimum absolute atomic E-state index is 0.0703. The van der Waals surface area contributed by atoms with Gasteiger partial charge < -0.3 is 19.7 Å². The van der Waals surface area contributed by atoms with Crippen LogP contribution in [0.5, 0.6) is 11.5 Å². The van der Waals surface area contributed by atoms with Crippen molar-refractivity contribution in [3.8, 4) is 11.5 Å². The number of aromatic nitrogens is 1. The van der Waals surface area contributed by atoms with Crippen molar-refractivity contribution in [2.24, 2.45) is 0 Å². The monoisotopic (exact) mass is 368 g/mol. The molecule has 6 heteroatoms. The van der Waals surface area contributed by atoms with E-state index >= 15 is 0 Å². The third kappa shape index (κ3) is 2.80. The number of methoxy groups -OCH3 is 1. The van der Waals surface area contributed by atoms with Gasteiger partial charge in [0.25, 0.3) is 0 Å². The van der Waals surface area contributed by atoms with Crippen molar-refractivity contribution in [1.29, 1.82) is 0 Å². The zero-order valence-electron chi connectivity index (χ0n) is 16.0. The van der Waals surface area contributed by atoms with Gasteiger partial charge in [-0.15, -0.1) is 0 Å². The summed E-state index contributed by atoms with van der Waals surface area (Å²) in [7, 11) is 1.52. The highest BCUT2D eigenvalue weighted by Gasteiger charge is 2.41. The summed E-state index contributed by atoms with van der Waals surface area (Å²) in [6.45, 7) is 6.23. The molecule has 0 saturated carbocycles. The molecule has 1 aliphatic carbocycles. The average molecular weight is 368 g/mol. The Hall–Kier alpha value is -2.76. The van der Waals surface area contributed by atoms with E-state index in [1.807, 2.05) is 6.07 Å². The van der Waals surface area contributed by atoms with E-state index in [1.165, 1.54) is 7.11 Å². The fourth-order valence-corrected chi connectivity index (χ4v) is 4.01. The molecule has 142 valence electrons. The molecule has 6 nitrogen and oxygen atoms in total. The summed E-state index contributed by atoms with van der Waals surface area (Å²) in [4.78, 5) is 12.9. The number of benzene rings is 1. The highest BCUT2D eigenvalue weighted by molar-refractivity contribution is 6.01. The number of phenolic OH excluding ortho intramolecular Hbond substituents is 1. The van der Waals surface area contributed by atoms with E-state index in [0.717, 1.165) is 40.9 Å². The lowest BCUT2D eigenvalue weighted by Crippen LogP contribution is -2.28. The molecule has 2 N–H and O–H groups in total. The third-order valence-electron chi connectivity index (χ3n) is 5.27. The van der Waals surface area contributed by atoms with Crippen LogP contribution in [0.2, 0.25) is 0 Å².